The average Bonchev–Trinajstić information content (AvgIpc) is 3.11. The lowest BCUT2D eigenvalue weighted by Crippen LogP contribution is -2.54. The fourth-order valence-corrected chi connectivity index (χ4v) is 2.89. The van der Waals surface area contributed by atoms with Crippen LogP contribution in [0, 0.1) is 12.3 Å². The summed E-state index contributed by atoms with van der Waals surface area (Å²) in [6.07, 6.45) is -4.20. The van der Waals surface area contributed by atoms with Gasteiger partial charge in [0.05, 0.1) is 16.8 Å². The Labute approximate surface area is 175 Å². The van der Waals surface area contributed by atoms with Crippen molar-refractivity contribution < 1.29 is 40.3 Å². The Hall–Kier alpha value is -3.59. The van der Waals surface area contributed by atoms with Crippen LogP contribution >= 0.6 is 12.2 Å². The van der Waals surface area contributed by atoms with E-state index in [0.29, 0.717) is 17.0 Å². The minimum Gasteiger partial charge on any atom is -0.448 e. The minimum atomic E-state index is -5.14. The van der Waals surface area contributed by atoms with E-state index in [2.05, 4.69) is 11.2 Å². The number of anilines is 1. The molecule has 31 heavy (non-hydrogen) atoms. The normalized spacial score (nSPS) is 16.5. The zero-order chi connectivity index (χ0) is 23.1. The van der Waals surface area contributed by atoms with Gasteiger partial charge in [0.25, 0.3) is 11.8 Å². The molecule has 2 heterocycles. The quantitative estimate of drug-likeness (QED) is 0.242. The Bertz CT molecular complexity index is 1140. The molecule has 1 saturated heterocycles. The zero-order valence-corrected chi connectivity index (χ0v) is 15.7. The van der Waals surface area contributed by atoms with Gasteiger partial charge in [0.15, 0.2) is 10.9 Å². The Kier molecular flexibility index (Phi) is 5.41. The van der Waals surface area contributed by atoms with E-state index in [1.54, 1.807) is 0 Å². The van der Waals surface area contributed by atoms with Gasteiger partial charge in [0.1, 0.15) is 11.3 Å². The fourth-order valence-electron chi connectivity index (χ4n) is 2.61. The molecule has 2 amide bonds. The number of hydrogen-bond acceptors (Lipinski definition) is 4. The van der Waals surface area contributed by atoms with Crippen LogP contribution in [0.1, 0.15) is 22.6 Å². The second-order valence-electron chi connectivity index (χ2n) is 6.07. The lowest BCUT2D eigenvalue weighted by Gasteiger charge is -2.29. The zero-order valence-electron chi connectivity index (χ0n) is 14.9. The first kappa shape index (κ1) is 22.1. The van der Waals surface area contributed by atoms with Crippen LogP contribution in [0.25, 0.3) is 6.08 Å². The highest BCUT2D eigenvalue weighted by Gasteiger charge is 2.40. The van der Waals surface area contributed by atoms with Crippen molar-refractivity contribution in [1.82, 2.24) is 5.32 Å². The van der Waals surface area contributed by atoms with Crippen LogP contribution in [-0.4, -0.2) is 16.9 Å². The number of carbonyl (C=O) groups excluding carboxylic acids is 2. The number of halogens is 6. The van der Waals surface area contributed by atoms with Crippen LogP contribution in [0.3, 0.4) is 0 Å². The number of rotatable bonds is 2. The molecule has 1 aliphatic rings. The second-order valence-corrected chi connectivity index (χ2v) is 6.45. The van der Waals surface area contributed by atoms with E-state index in [1.807, 2.05) is 0 Å². The minimum absolute atomic E-state index is 0.0424. The highest BCUT2D eigenvalue weighted by molar-refractivity contribution is 7.80. The molecule has 0 saturated carbocycles. The molecule has 0 aliphatic carbocycles. The molecule has 2 aromatic rings. The first-order valence-corrected chi connectivity index (χ1v) is 8.49. The van der Waals surface area contributed by atoms with E-state index in [0.717, 1.165) is 6.08 Å². The monoisotopic (exact) mass is 458 g/mol. The summed E-state index contributed by atoms with van der Waals surface area (Å²) in [7, 11) is 0. The average molecular weight is 458 g/mol. The van der Waals surface area contributed by atoms with E-state index >= 15 is 0 Å². The number of nitrogens with zero attached hydrogens (tertiary/aromatic N) is 1. The molecule has 1 N–H and O–H groups in total. The van der Waals surface area contributed by atoms with Gasteiger partial charge in [-0.25, -0.2) is 0 Å². The number of alkyl halides is 6. The molecule has 0 radical (unpaired) electrons. The number of amides is 2. The molecule has 0 bridgehead atoms. The molecular formula is C19H8F6N2O3S. The first-order chi connectivity index (χ1) is 14.3. The van der Waals surface area contributed by atoms with Crippen molar-refractivity contribution in [3.63, 3.8) is 0 Å². The molecule has 0 unspecified atom stereocenters. The second kappa shape index (κ2) is 7.59. The van der Waals surface area contributed by atoms with Crippen LogP contribution < -0.4 is 10.2 Å². The third kappa shape index (κ3) is 4.46. The van der Waals surface area contributed by atoms with Gasteiger partial charge in [-0.05, 0) is 54.5 Å². The molecule has 3 rings (SSSR count). The summed E-state index contributed by atoms with van der Waals surface area (Å²) in [5, 5.41) is 1.36. The Balaban J connectivity index is 2.13. The van der Waals surface area contributed by atoms with Gasteiger partial charge in [-0.15, -0.1) is 6.42 Å². The lowest BCUT2D eigenvalue weighted by molar-refractivity contribution is -0.143. The number of carbonyl (C=O) groups is 2. The molecule has 1 fully saturated rings. The maximum atomic E-state index is 13.1. The van der Waals surface area contributed by atoms with Gasteiger partial charge < -0.3 is 4.42 Å². The molecule has 1 aromatic carbocycles. The summed E-state index contributed by atoms with van der Waals surface area (Å²) in [5.41, 5.74) is -4.77. The molecule has 1 aromatic heterocycles. The fraction of sp³-hybridized carbons (Fsp3) is 0.105. The summed E-state index contributed by atoms with van der Waals surface area (Å²) in [6, 6.07) is 3.20. The largest absolute Gasteiger partial charge is 0.448 e. The number of benzene rings is 1. The van der Waals surface area contributed by atoms with Crippen LogP contribution in [0.4, 0.5) is 32.0 Å². The Morgan fingerprint density at radius 3 is 2.10 bits per heavy atom. The van der Waals surface area contributed by atoms with Gasteiger partial charge >= 0.3 is 12.4 Å². The Morgan fingerprint density at radius 1 is 1.03 bits per heavy atom. The predicted molar refractivity (Wildman–Crippen MR) is 99.3 cm³/mol. The van der Waals surface area contributed by atoms with Gasteiger partial charge in [0, 0.05) is 0 Å². The molecular weight excluding hydrogens is 450 g/mol. The van der Waals surface area contributed by atoms with Crippen molar-refractivity contribution in [2.45, 2.75) is 12.4 Å². The van der Waals surface area contributed by atoms with Gasteiger partial charge in [-0.2, -0.15) is 26.3 Å². The van der Waals surface area contributed by atoms with E-state index in [1.165, 1.54) is 12.1 Å². The predicted octanol–water partition coefficient (Wildman–Crippen LogP) is 4.13. The van der Waals surface area contributed by atoms with Gasteiger partial charge in [-0.1, -0.05) is 0 Å². The van der Waals surface area contributed by atoms with Crippen molar-refractivity contribution in [2.75, 3.05) is 4.90 Å². The van der Waals surface area contributed by atoms with E-state index < -0.39 is 51.7 Å². The van der Waals surface area contributed by atoms with Crippen LogP contribution in [0.2, 0.25) is 0 Å². The number of terminal acetylenes is 1. The summed E-state index contributed by atoms with van der Waals surface area (Å²) in [6.45, 7) is 0. The molecule has 5 nitrogen and oxygen atoms in total. The van der Waals surface area contributed by atoms with Crippen molar-refractivity contribution in [3.8, 4) is 12.3 Å². The molecule has 160 valence electrons. The topological polar surface area (TPSA) is 62.6 Å². The van der Waals surface area contributed by atoms with Gasteiger partial charge in [0.2, 0.25) is 0 Å². The molecule has 0 spiro atoms. The van der Waals surface area contributed by atoms with Crippen LogP contribution in [0.15, 0.2) is 40.3 Å². The molecule has 1 aliphatic heterocycles. The van der Waals surface area contributed by atoms with Crippen molar-refractivity contribution >= 4 is 40.9 Å². The standard InChI is InChI=1S/C19H8F6N2O3S/c1-2-12-3-4-13(30-12)8-14-15(28)26-17(31)27(16(14)29)11-6-9(18(20,21)22)5-10(7-11)19(23,24)25/h1,3-8H,(H,26,28,31). The van der Waals surface area contributed by atoms with E-state index in [9.17, 15) is 35.9 Å². The first-order valence-electron chi connectivity index (χ1n) is 8.08. The SMILES string of the molecule is C#Cc1ccc(C=C2C(=O)NC(=S)N(c3cc(C(F)(F)F)cc(C(F)(F)F)c3)C2=O)o1. The summed E-state index contributed by atoms with van der Waals surface area (Å²) in [4.78, 5) is 25.3. The summed E-state index contributed by atoms with van der Waals surface area (Å²) < 4.78 is 84.0. The van der Waals surface area contributed by atoms with Crippen LogP contribution in [0.5, 0.6) is 0 Å². The summed E-state index contributed by atoms with van der Waals surface area (Å²) in [5.74, 6) is -0.0839. The maximum absolute atomic E-state index is 13.1. The lowest BCUT2D eigenvalue weighted by atomic mass is 10.1. The highest BCUT2D eigenvalue weighted by atomic mass is 32.1. The van der Waals surface area contributed by atoms with Crippen molar-refractivity contribution in [2.24, 2.45) is 0 Å². The van der Waals surface area contributed by atoms with E-state index in [-0.39, 0.29) is 17.6 Å². The van der Waals surface area contributed by atoms with Crippen molar-refractivity contribution in [1.29, 1.82) is 0 Å². The molecule has 12 heteroatoms. The third-order valence-electron chi connectivity index (χ3n) is 3.99. The maximum Gasteiger partial charge on any atom is 0.416 e. The summed E-state index contributed by atoms with van der Waals surface area (Å²) >= 11 is 4.81. The third-order valence-corrected chi connectivity index (χ3v) is 4.27. The number of furan rings is 1. The van der Waals surface area contributed by atoms with E-state index in [4.69, 9.17) is 23.1 Å². The number of hydrogen-bond donors (Lipinski definition) is 1. The number of thiocarbonyl (C=S) groups is 1. The van der Waals surface area contributed by atoms with Crippen LogP contribution in [-0.2, 0) is 21.9 Å². The Morgan fingerprint density at radius 2 is 1.61 bits per heavy atom. The number of nitrogens with one attached hydrogen (secondary N) is 1. The van der Waals surface area contributed by atoms with Gasteiger partial charge in [-0.3, -0.25) is 19.8 Å². The highest BCUT2D eigenvalue weighted by Crippen LogP contribution is 2.39. The smallest absolute Gasteiger partial charge is 0.416 e. The van der Waals surface area contributed by atoms with Crippen molar-refractivity contribution in [3.05, 3.63) is 58.6 Å². The molecule has 0 atom stereocenters.